The molecule has 4 rings (SSSR count). The first-order chi connectivity index (χ1) is 17.2. The summed E-state index contributed by atoms with van der Waals surface area (Å²) in [5.41, 5.74) is 2.25. The van der Waals surface area contributed by atoms with Crippen molar-refractivity contribution in [1.29, 1.82) is 0 Å². The third-order valence-corrected chi connectivity index (χ3v) is 6.20. The number of fused-ring (bicyclic) bond motifs is 1. The van der Waals surface area contributed by atoms with Gasteiger partial charge < -0.3 is 19.9 Å². The van der Waals surface area contributed by atoms with Crippen LogP contribution in [0.4, 0.5) is 4.79 Å². The summed E-state index contributed by atoms with van der Waals surface area (Å²) in [5.74, 6) is 0.409. The van der Waals surface area contributed by atoms with Gasteiger partial charge in [0.1, 0.15) is 17.1 Å². The third-order valence-electron chi connectivity index (χ3n) is 5.29. The molecule has 3 heterocycles. The number of para-hydroxylation sites is 2. The van der Waals surface area contributed by atoms with E-state index in [0.717, 1.165) is 21.7 Å². The van der Waals surface area contributed by atoms with Gasteiger partial charge in [-0.15, -0.1) is 11.3 Å². The molecule has 1 unspecified atom stereocenters. The Morgan fingerprint density at radius 3 is 2.64 bits per heavy atom. The van der Waals surface area contributed by atoms with Crippen LogP contribution in [0.3, 0.4) is 0 Å². The predicted octanol–water partition coefficient (Wildman–Crippen LogP) is 4.89. The van der Waals surface area contributed by atoms with E-state index in [4.69, 9.17) is 4.74 Å². The van der Waals surface area contributed by atoms with Crippen LogP contribution < -0.4 is 5.32 Å². The fourth-order valence-electron chi connectivity index (χ4n) is 3.56. The van der Waals surface area contributed by atoms with Crippen LogP contribution in [0, 0.1) is 0 Å². The average molecular weight is 507 g/mol. The van der Waals surface area contributed by atoms with Crippen molar-refractivity contribution in [2.75, 3.05) is 6.54 Å². The first-order valence-corrected chi connectivity index (χ1v) is 12.6. The van der Waals surface area contributed by atoms with Crippen LogP contribution in [0.25, 0.3) is 11.0 Å². The lowest BCUT2D eigenvalue weighted by atomic mass is 10.2. The maximum atomic E-state index is 12.9. The van der Waals surface area contributed by atoms with Gasteiger partial charge in [-0.1, -0.05) is 18.2 Å². The SMILES string of the molecule is CC(NC(=O)c1csc(CCN(Cc2nc3ccccc3[nH]2)C(=O)OC(C)(C)C)n1)c1ccccn1. The van der Waals surface area contributed by atoms with Gasteiger partial charge in [0.2, 0.25) is 0 Å². The summed E-state index contributed by atoms with van der Waals surface area (Å²) in [7, 11) is 0. The topological polar surface area (TPSA) is 113 Å². The van der Waals surface area contributed by atoms with Gasteiger partial charge in [-0.25, -0.2) is 14.8 Å². The van der Waals surface area contributed by atoms with Gasteiger partial charge in [-0.05, 0) is 52.0 Å². The molecule has 1 atom stereocenters. The molecule has 0 saturated heterocycles. The van der Waals surface area contributed by atoms with Crippen LogP contribution in [-0.2, 0) is 17.7 Å². The van der Waals surface area contributed by atoms with Gasteiger partial charge in [0.15, 0.2) is 0 Å². The summed E-state index contributed by atoms with van der Waals surface area (Å²) < 4.78 is 5.62. The van der Waals surface area contributed by atoms with Crippen LogP contribution in [-0.4, -0.2) is 49.0 Å². The van der Waals surface area contributed by atoms with E-state index in [1.54, 1.807) is 16.5 Å². The molecular weight excluding hydrogens is 476 g/mol. The number of amides is 2. The molecule has 9 nitrogen and oxygen atoms in total. The van der Waals surface area contributed by atoms with E-state index in [1.165, 1.54) is 11.3 Å². The lowest BCUT2D eigenvalue weighted by Crippen LogP contribution is -2.38. The molecule has 4 aromatic rings. The first kappa shape index (κ1) is 25.3. The molecule has 0 aliphatic heterocycles. The number of carbonyl (C=O) groups is 2. The number of H-pyrrole nitrogens is 1. The second-order valence-corrected chi connectivity index (χ2v) is 10.4. The van der Waals surface area contributed by atoms with E-state index in [9.17, 15) is 9.59 Å². The zero-order valence-corrected chi connectivity index (χ0v) is 21.6. The normalized spacial score (nSPS) is 12.3. The van der Waals surface area contributed by atoms with Crippen LogP contribution >= 0.6 is 11.3 Å². The van der Waals surface area contributed by atoms with Gasteiger partial charge in [-0.2, -0.15) is 0 Å². The molecule has 2 N–H and O–H groups in total. The number of hydrogen-bond donors (Lipinski definition) is 2. The Kier molecular flexibility index (Phi) is 7.64. The Morgan fingerprint density at radius 2 is 1.92 bits per heavy atom. The minimum Gasteiger partial charge on any atom is -0.444 e. The number of rotatable bonds is 8. The number of aromatic nitrogens is 4. The molecule has 2 amide bonds. The van der Waals surface area contributed by atoms with Crippen molar-refractivity contribution >= 4 is 34.4 Å². The Hall–Kier alpha value is -3.79. The van der Waals surface area contributed by atoms with E-state index >= 15 is 0 Å². The second kappa shape index (κ2) is 10.9. The quantitative estimate of drug-likeness (QED) is 0.352. The smallest absolute Gasteiger partial charge is 0.410 e. The maximum Gasteiger partial charge on any atom is 0.410 e. The minimum atomic E-state index is -0.625. The zero-order chi connectivity index (χ0) is 25.7. The van der Waals surface area contributed by atoms with Gasteiger partial charge in [0, 0.05) is 24.5 Å². The number of carbonyl (C=O) groups excluding carboxylic acids is 2. The molecule has 36 heavy (non-hydrogen) atoms. The summed E-state index contributed by atoms with van der Waals surface area (Å²) >= 11 is 1.39. The van der Waals surface area contributed by atoms with Crippen molar-refractivity contribution in [2.45, 2.75) is 52.3 Å². The van der Waals surface area contributed by atoms with Crippen molar-refractivity contribution in [2.24, 2.45) is 0 Å². The lowest BCUT2D eigenvalue weighted by Gasteiger charge is -2.26. The zero-order valence-electron chi connectivity index (χ0n) is 20.8. The number of ether oxygens (including phenoxy) is 1. The van der Waals surface area contributed by atoms with Crippen molar-refractivity contribution in [1.82, 2.24) is 30.2 Å². The summed E-state index contributed by atoms with van der Waals surface area (Å²) in [6.45, 7) is 8.02. The molecule has 188 valence electrons. The molecule has 10 heteroatoms. The van der Waals surface area contributed by atoms with Crippen LogP contribution in [0.5, 0.6) is 0 Å². The van der Waals surface area contributed by atoms with Crippen LogP contribution in [0.2, 0.25) is 0 Å². The molecule has 0 fully saturated rings. The molecule has 0 aliphatic carbocycles. The average Bonchev–Trinajstić information content (AvgIpc) is 3.48. The highest BCUT2D eigenvalue weighted by molar-refractivity contribution is 7.09. The Balaban J connectivity index is 1.41. The van der Waals surface area contributed by atoms with E-state index in [-0.39, 0.29) is 18.5 Å². The molecule has 1 aromatic carbocycles. The van der Waals surface area contributed by atoms with Gasteiger partial charge in [-0.3, -0.25) is 9.78 Å². The van der Waals surface area contributed by atoms with Crippen molar-refractivity contribution in [3.8, 4) is 0 Å². The summed E-state index contributed by atoms with van der Waals surface area (Å²) in [6, 6.07) is 13.1. The standard InChI is InChI=1S/C26H30N6O3S/c1-17(18-9-7-8-13-27-18)28-24(33)21-16-36-23(31-21)12-14-32(25(34)35-26(2,3)4)15-22-29-19-10-5-6-11-20(19)30-22/h5-11,13,16-17H,12,14-15H2,1-4H3,(H,28,33)(H,29,30). The Bertz CT molecular complexity index is 1300. The summed E-state index contributed by atoms with van der Waals surface area (Å²) in [4.78, 5) is 43.8. The van der Waals surface area contributed by atoms with E-state index in [2.05, 4.69) is 25.3 Å². The predicted molar refractivity (Wildman–Crippen MR) is 139 cm³/mol. The van der Waals surface area contributed by atoms with Crippen LogP contribution in [0.15, 0.2) is 54.0 Å². The van der Waals surface area contributed by atoms with E-state index < -0.39 is 11.7 Å². The van der Waals surface area contributed by atoms with Crippen molar-refractivity contribution in [3.63, 3.8) is 0 Å². The van der Waals surface area contributed by atoms with Gasteiger partial charge in [0.25, 0.3) is 5.91 Å². The highest BCUT2D eigenvalue weighted by Crippen LogP contribution is 2.18. The van der Waals surface area contributed by atoms with Crippen molar-refractivity contribution in [3.05, 3.63) is 76.3 Å². The lowest BCUT2D eigenvalue weighted by molar-refractivity contribution is 0.0231. The minimum absolute atomic E-state index is 0.240. The largest absolute Gasteiger partial charge is 0.444 e. The monoisotopic (exact) mass is 506 g/mol. The number of pyridine rings is 1. The molecule has 3 aromatic heterocycles. The highest BCUT2D eigenvalue weighted by Gasteiger charge is 2.24. The number of aromatic amines is 1. The summed E-state index contributed by atoms with van der Waals surface area (Å²) in [6.07, 6.45) is 1.75. The number of nitrogens with zero attached hydrogens (tertiary/aromatic N) is 4. The van der Waals surface area contributed by atoms with Gasteiger partial charge >= 0.3 is 6.09 Å². The number of thiazole rings is 1. The van der Waals surface area contributed by atoms with Gasteiger partial charge in [0.05, 0.1) is 34.3 Å². The highest BCUT2D eigenvalue weighted by atomic mass is 32.1. The molecular formula is C26H30N6O3S. The molecule has 0 aliphatic rings. The number of nitrogens with one attached hydrogen (secondary N) is 2. The van der Waals surface area contributed by atoms with E-state index in [0.29, 0.717) is 24.5 Å². The fraction of sp³-hybridized carbons (Fsp3) is 0.346. The third kappa shape index (κ3) is 6.66. The Morgan fingerprint density at radius 1 is 1.14 bits per heavy atom. The second-order valence-electron chi connectivity index (χ2n) is 9.43. The first-order valence-electron chi connectivity index (χ1n) is 11.8. The molecule has 0 saturated carbocycles. The number of imidazole rings is 1. The molecule has 0 spiro atoms. The van der Waals surface area contributed by atoms with E-state index in [1.807, 2.05) is 70.2 Å². The van der Waals surface area contributed by atoms with Crippen molar-refractivity contribution < 1.29 is 14.3 Å². The molecule has 0 bridgehead atoms. The number of hydrogen-bond acceptors (Lipinski definition) is 7. The maximum absolute atomic E-state index is 12.9. The number of benzene rings is 1. The summed E-state index contributed by atoms with van der Waals surface area (Å²) in [5, 5.41) is 5.41. The van der Waals surface area contributed by atoms with Crippen LogP contribution in [0.1, 0.15) is 60.8 Å². The Labute approximate surface area is 213 Å². The molecule has 0 radical (unpaired) electrons. The fourth-order valence-corrected chi connectivity index (χ4v) is 4.33.